The van der Waals surface area contributed by atoms with Crippen molar-refractivity contribution in [2.75, 3.05) is 25.1 Å². The maximum Gasteiger partial charge on any atom is 0.245 e. The van der Waals surface area contributed by atoms with Gasteiger partial charge in [0.05, 0.1) is 13.2 Å². The lowest BCUT2D eigenvalue weighted by atomic mass is 10.4. The van der Waals surface area contributed by atoms with Crippen molar-refractivity contribution in [1.29, 1.82) is 0 Å². The molecule has 0 aromatic carbocycles. The van der Waals surface area contributed by atoms with Crippen LogP contribution >= 0.6 is 23.2 Å². The summed E-state index contributed by atoms with van der Waals surface area (Å²) in [5, 5.41) is 10.3. The van der Waals surface area contributed by atoms with Crippen LogP contribution in [0.25, 0.3) is 0 Å². The minimum absolute atomic E-state index is 0.0507. The Morgan fingerprint density at radius 2 is 2.19 bits per heavy atom. The number of nitrogens with one attached hydrogen (secondary N) is 1. The second kappa shape index (κ2) is 6.62. The Kier molecular flexibility index (Phi) is 5.45. The first kappa shape index (κ1) is 13.2. The molecular weight excluding hydrogens is 251 g/mol. The Bertz CT molecular complexity index is 373. The molecule has 0 aliphatic heterocycles. The van der Waals surface area contributed by atoms with E-state index in [1.165, 1.54) is 0 Å². The fourth-order valence-corrected chi connectivity index (χ4v) is 1.16. The van der Waals surface area contributed by atoms with Gasteiger partial charge in [0.1, 0.15) is 0 Å². The topological polar surface area (TPSA) is 59.9 Å². The second-order valence-electron chi connectivity index (χ2n) is 3.16. The minimum Gasteiger partial charge on any atom is -0.375 e. The van der Waals surface area contributed by atoms with E-state index in [-0.39, 0.29) is 10.4 Å². The molecule has 0 aliphatic rings. The molecule has 1 heterocycles. The minimum atomic E-state index is 0.0507. The van der Waals surface area contributed by atoms with Crippen molar-refractivity contribution in [3.05, 3.63) is 22.6 Å². The van der Waals surface area contributed by atoms with Gasteiger partial charge in [0.15, 0.2) is 11.0 Å². The SMILES string of the molecule is C=C(C)COCCNc1nc(Cl)nnc1Cl. The van der Waals surface area contributed by atoms with E-state index in [0.29, 0.717) is 25.6 Å². The number of aromatic nitrogens is 3. The fraction of sp³-hybridized carbons (Fsp3) is 0.444. The van der Waals surface area contributed by atoms with Crippen LogP contribution in [0.15, 0.2) is 12.2 Å². The third-order valence-electron chi connectivity index (χ3n) is 1.51. The summed E-state index contributed by atoms with van der Waals surface area (Å²) in [6.45, 7) is 7.24. The summed E-state index contributed by atoms with van der Waals surface area (Å²) < 4.78 is 5.28. The van der Waals surface area contributed by atoms with Crippen molar-refractivity contribution >= 4 is 29.0 Å². The van der Waals surface area contributed by atoms with Gasteiger partial charge in [-0.3, -0.25) is 0 Å². The van der Waals surface area contributed by atoms with Crippen LogP contribution < -0.4 is 5.32 Å². The third-order valence-corrected chi connectivity index (χ3v) is 1.92. The van der Waals surface area contributed by atoms with Crippen LogP contribution in [0.3, 0.4) is 0 Å². The van der Waals surface area contributed by atoms with Crippen molar-refractivity contribution in [3.8, 4) is 0 Å². The van der Waals surface area contributed by atoms with Gasteiger partial charge in [-0.25, -0.2) is 0 Å². The highest BCUT2D eigenvalue weighted by Gasteiger charge is 2.04. The monoisotopic (exact) mass is 262 g/mol. The molecule has 0 saturated heterocycles. The van der Waals surface area contributed by atoms with Crippen molar-refractivity contribution < 1.29 is 4.74 Å². The van der Waals surface area contributed by atoms with Gasteiger partial charge in [-0.1, -0.05) is 23.8 Å². The highest BCUT2D eigenvalue weighted by atomic mass is 35.5. The van der Waals surface area contributed by atoms with E-state index < -0.39 is 0 Å². The zero-order valence-electron chi connectivity index (χ0n) is 8.83. The van der Waals surface area contributed by atoms with E-state index in [1.807, 2.05) is 6.92 Å². The largest absolute Gasteiger partial charge is 0.375 e. The highest BCUT2D eigenvalue weighted by molar-refractivity contribution is 6.32. The Balaban J connectivity index is 2.31. The molecule has 1 N–H and O–H groups in total. The number of hydrogen-bond donors (Lipinski definition) is 1. The molecule has 0 aliphatic carbocycles. The number of ether oxygens (including phenoxy) is 1. The van der Waals surface area contributed by atoms with Crippen molar-refractivity contribution in [1.82, 2.24) is 15.2 Å². The quantitative estimate of drug-likeness (QED) is 0.629. The van der Waals surface area contributed by atoms with E-state index in [9.17, 15) is 0 Å². The van der Waals surface area contributed by atoms with Gasteiger partial charge in [-0.2, -0.15) is 4.98 Å². The van der Waals surface area contributed by atoms with Crippen LogP contribution in [0.2, 0.25) is 10.4 Å². The summed E-state index contributed by atoms with van der Waals surface area (Å²) in [6, 6.07) is 0. The molecule has 1 aromatic rings. The van der Waals surface area contributed by atoms with Crippen molar-refractivity contribution in [2.24, 2.45) is 0 Å². The maximum absolute atomic E-state index is 5.75. The van der Waals surface area contributed by atoms with E-state index >= 15 is 0 Å². The molecule has 5 nitrogen and oxygen atoms in total. The fourth-order valence-electron chi connectivity index (χ4n) is 0.894. The van der Waals surface area contributed by atoms with Crippen molar-refractivity contribution in [2.45, 2.75) is 6.92 Å². The molecule has 0 saturated carbocycles. The van der Waals surface area contributed by atoms with Gasteiger partial charge >= 0.3 is 0 Å². The first-order valence-electron chi connectivity index (χ1n) is 4.61. The van der Waals surface area contributed by atoms with Crippen LogP contribution in [-0.4, -0.2) is 34.9 Å². The average molecular weight is 263 g/mol. The standard InChI is InChI=1S/C9H12Cl2N4O/c1-6(2)5-16-4-3-12-8-7(10)14-15-9(11)13-8/h1,3-5H2,2H3,(H,12,13,15). The zero-order chi connectivity index (χ0) is 12.0. The van der Waals surface area contributed by atoms with Crippen LogP contribution in [0.1, 0.15) is 6.92 Å². The second-order valence-corrected chi connectivity index (χ2v) is 3.85. The zero-order valence-corrected chi connectivity index (χ0v) is 10.3. The molecule has 16 heavy (non-hydrogen) atoms. The van der Waals surface area contributed by atoms with E-state index in [4.69, 9.17) is 27.9 Å². The summed E-state index contributed by atoms with van der Waals surface area (Å²) in [5.74, 6) is 0.403. The maximum atomic E-state index is 5.75. The summed E-state index contributed by atoms with van der Waals surface area (Å²) >= 11 is 11.3. The molecule has 0 bridgehead atoms. The van der Waals surface area contributed by atoms with Crippen LogP contribution in [0.4, 0.5) is 5.82 Å². The number of halogens is 2. The Morgan fingerprint density at radius 3 is 2.88 bits per heavy atom. The number of hydrogen-bond acceptors (Lipinski definition) is 5. The summed E-state index contributed by atoms with van der Waals surface area (Å²) in [4.78, 5) is 3.88. The van der Waals surface area contributed by atoms with Gasteiger partial charge in [0.25, 0.3) is 0 Å². The van der Waals surface area contributed by atoms with Crippen LogP contribution in [0.5, 0.6) is 0 Å². The molecule has 1 rings (SSSR count). The first-order chi connectivity index (χ1) is 7.59. The smallest absolute Gasteiger partial charge is 0.245 e. The predicted octanol–water partition coefficient (Wildman–Crippen LogP) is 2.18. The summed E-state index contributed by atoms with van der Waals surface area (Å²) in [6.07, 6.45) is 0. The van der Waals surface area contributed by atoms with Crippen LogP contribution in [0, 0.1) is 0 Å². The van der Waals surface area contributed by atoms with Gasteiger partial charge in [-0.15, -0.1) is 10.2 Å². The van der Waals surface area contributed by atoms with Gasteiger partial charge in [0, 0.05) is 6.54 Å². The first-order valence-corrected chi connectivity index (χ1v) is 5.37. The van der Waals surface area contributed by atoms with Gasteiger partial charge < -0.3 is 10.1 Å². The normalized spacial score (nSPS) is 10.2. The molecule has 0 amide bonds. The molecule has 7 heteroatoms. The molecule has 0 radical (unpaired) electrons. The number of nitrogens with zero attached hydrogens (tertiary/aromatic N) is 3. The number of anilines is 1. The van der Waals surface area contributed by atoms with E-state index in [2.05, 4.69) is 27.1 Å². The molecule has 0 fully saturated rings. The predicted molar refractivity (Wildman–Crippen MR) is 64.0 cm³/mol. The molecular formula is C9H12Cl2N4O. The van der Waals surface area contributed by atoms with Crippen LogP contribution in [-0.2, 0) is 4.74 Å². The lowest BCUT2D eigenvalue weighted by Gasteiger charge is -2.07. The van der Waals surface area contributed by atoms with E-state index in [0.717, 1.165) is 5.57 Å². The Labute approximate surface area is 104 Å². The third kappa shape index (κ3) is 4.74. The molecule has 1 aromatic heterocycles. The average Bonchev–Trinajstić information content (AvgIpc) is 2.22. The molecule has 0 atom stereocenters. The molecule has 88 valence electrons. The molecule has 0 unspecified atom stereocenters. The lowest BCUT2D eigenvalue weighted by molar-refractivity contribution is 0.167. The van der Waals surface area contributed by atoms with E-state index in [1.54, 1.807) is 0 Å². The summed E-state index contributed by atoms with van der Waals surface area (Å²) in [5.41, 5.74) is 0.977. The van der Waals surface area contributed by atoms with Gasteiger partial charge in [-0.05, 0) is 18.5 Å². The Hall–Kier alpha value is -0.910. The van der Waals surface area contributed by atoms with Gasteiger partial charge in [0.2, 0.25) is 5.28 Å². The Morgan fingerprint density at radius 1 is 1.44 bits per heavy atom. The summed E-state index contributed by atoms with van der Waals surface area (Å²) in [7, 11) is 0. The number of rotatable bonds is 6. The molecule has 0 spiro atoms. The highest BCUT2D eigenvalue weighted by Crippen LogP contribution is 2.15. The van der Waals surface area contributed by atoms with Crippen molar-refractivity contribution in [3.63, 3.8) is 0 Å². The lowest BCUT2D eigenvalue weighted by Crippen LogP contribution is -2.12.